The average Bonchev–Trinajstić information content (AvgIpc) is 2.61. The van der Waals surface area contributed by atoms with Gasteiger partial charge >= 0.3 is 0 Å². The number of ether oxygens (including phenoxy) is 2. The molecule has 1 rings (SSSR count). The lowest BCUT2D eigenvalue weighted by Crippen LogP contribution is -2.16. The second-order valence-corrected chi connectivity index (χ2v) is 8.12. The van der Waals surface area contributed by atoms with Crippen LogP contribution < -0.4 is 14.8 Å². The molecule has 0 bridgehead atoms. The molecule has 0 unspecified atom stereocenters. The Morgan fingerprint density at radius 2 is 1.50 bits per heavy atom. The first-order chi connectivity index (χ1) is 12.5. The van der Waals surface area contributed by atoms with Crippen molar-refractivity contribution in [1.82, 2.24) is 5.32 Å². The molecule has 1 aromatic rings. The molecule has 0 aliphatic heterocycles. The SMILES string of the molecule is CCCCCCCCNCc1ccc(OCC(C)C)cc1OCC(C)C. The van der Waals surface area contributed by atoms with Crippen LogP contribution in [0.1, 0.15) is 78.7 Å². The second-order valence-electron chi connectivity index (χ2n) is 8.12. The zero-order valence-corrected chi connectivity index (χ0v) is 17.8. The molecule has 3 nitrogen and oxygen atoms in total. The number of rotatable bonds is 15. The molecule has 0 amide bonds. The zero-order chi connectivity index (χ0) is 19.2. The molecule has 26 heavy (non-hydrogen) atoms. The molecule has 0 spiro atoms. The Morgan fingerprint density at radius 1 is 0.846 bits per heavy atom. The maximum Gasteiger partial charge on any atom is 0.127 e. The highest BCUT2D eigenvalue weighted by atomic mass is 16.5. The van der Waals surface area contributed by atoms with Gasteiger partial charge in [0.2, 0.25) is 0 Å². The molecule has 150 valence electrons. The van der Waals surface area contributed by atoms with Gasteiger partial charge in [-0.25, -0.2) is 0 Å². The predicted octanol–water partition coefficient (Wildman–Crippen LogP) is 6.21. The van der Waals surface area contributed by atoms with Crippen LogP contribution in [0.5, 0.6) is 11.5 Å². The van der Waals surface area contributed by atoms with E-state index in [0.717, 1.165) is 37.8 Å². The lowest BCUT2D eigenvalue weighted by Gasteiger charge is -2.16. The van der Waals surface area contributed by atoms with Crippen LogP contribution in [0.15, 0.2) is 18.2 Å². The maximum atomic E-state index is 6.05. The Morgan fingerprint density at radius 3 is 2.19 bits per heavy atom. The molecular weight excluding hydrogens is 322 g/mol. The minimum absolute atomic E-state index is 0.513. The van der Waals surface area contributed by atoms with E-state index in [2.05, 4.69) is 52.1 Å². The standard InChI is InChI=1S/C23H41NO2/c1-6-7-8-9-10-11-14-24-16-21-12-13-22(25-17-19(2)3)15-23(21)26-18-20(4)5/h12-13,15,19-20,24H,6-11,14,16-18H2,1-5H3. The van der Waals surface area contributed by atoms with Gasteiger partial charge in [0.15, 0.2) is 0 Å². The molecule has 0 radical (unpaired) electrons. The first kappa shape index (κ1) is 22.8. The summed E-state index contributed by atoms with van der Waals surface area (Å²) in [4.78, 5) is 0. The Kier molecular flexibility index (Phi) is 12.2. The van der Waals surface area contributed by atoms with Crippen molar-refractivity contribution < 1.29 is 9.47 Å². The molecule has 1 N–H and O–H groups in total. The van der Waals surface area contributed by atoms with Gasteiger partial charge in [-0.2, -0.15) is 0 Å². The fraction of sp³-hybridized carbons (Fsp3) is 0.739. The predicted molar refractivity (Wildman–Crippen MR) is 112 cm³/mol. The van der Waals surface area contributed by atoms with Crippen molar-refractivity contribution in [2.24, 2.45) is 11.8 Å². The lowest BCUT2D eigenvalue weighted by molar-refractivity contribution is 0.256. The monoisotopic (exact) mass is 363 g/mol. The molecule has 0 saturated heterocycles. The molecule has 0 aliphatic carbocycles. The van der Waals surface area contributed by atoms with Crippen molar-refractivity contribution in [1.29, 1.82) is 0 Å². The van der Waals surface area contributed by atoms with E-state index in [9.17, 15) is 0 Å². The van der Waals surface area contributed by atoms with E-state index in [1.165, 1.54) is 44.1 Å². The number of hydrogen-bond acceptors (Lipinski definition) is 3. The molecule has 0 heterocycles. The second kappa shape index (κ2) is 13.9. The van der Waals surface area contributed by atoms with Crippen molar-refractivity contribution in [2.45, 2.75) is 79.7 Å². The van der Waals surface area contributed by atoms with Gasteiger partial charge in [-0.15, -0.1) is 0 Å². The average molecular weight is 364 g/mol. The summed E-state index contributed by atoms with van der Waals surface area (Å²) in [5.41, 5.74) is 1.22. The van der Waals surface area contributed by atoms with E-state index < -0.39 is 0 Å². The number of hydrogen-bond donors (Lipinski definition) is 1. The van der Waals surface area contributed by atoms with Gasteiger partial charge in [-0.1, -0.05) is 72.8 Å². The summed E-state index contributed by atoms with van der Waals surface area (Å²) in [6.45, 7) is 14.3. The van der Waals surface area contributed by atoms with Gasteiger partial charge in [0.05, 0.1) is 13.2 Å². The Balaban J connectivity index is 2.47. The van der Waals surface area contributed by atoms with Crippen LogP contribution in [-0.4, -0.2) is 19.8 Å². The zero-order valence-electron chi connectivity index (χ0n) is 17.8. The van der Waals surface area contributed by atoms with E-state index in [1.807, 2.05) is 6.07 Å². The van der Waals surface area contributed by atoms with Crippen molar-refractivity contribution in [2.75, 3.05) is 19.8 Å². The van der Waals surface area contributed by atoms with E-state index >= 15 is 0 Å². The summed E-state index contributed by atoms with van der Waals surface area (Å²) >= 11 is 0. The number of nitrogens with one attached hydrogen (secondary N) is 1. The van der Waals surface area contributed by atoms with Crippen molar-refractivity contribution in [3.8, 4) is 11.5 Å². The minimum atomic E-state index is 0.513. The van der Waals surface area contributed by atoms with E-state index in [-0.39, 0.29) is 0 Å². The van der Waals surface area contributed by atoms with Crippen LogP contribution in [0, 0.1) is 11.8 Å². The molecular formula is C23H41NO2. The van der Waals surface area contributed by atoms with Crippen LogP contribution >= 0.6 is 0 Å². The van der Waals surface area contributed by atoms with Gasteiger partial charge in [0.1, 0.15) is 11.5 Å². The normalized spacial score (nSPS) is 11.3. The smallest absolute Gasteiger partial charge is 0.127 e. The quantitative estimate of drug-likeness (QED) is 0.376. The molecule has 0 atom stereocenters. The van der Waals surface area contributed by atoms with Crippen LogP contribution in [0.25, 0.3) is 0 Å². The van der Waals surface area contributed by atoms with Gasteiger partial charge in [-0.3, -0.25) is 0 Å². The Labute approximate surface area is 161 Å². The summed E-state index contributed by atoms with van der Waals surface area (Å²) in [5.74, 6) is 2.89. The highest BCUT2D eigenvalue weighted by Gasteiger charge is 2.08. The van der Waals surface area contributed by atoms with E-state index in [0.29, 0.717) is 11.8 Å². The van der Waals surface area contributed by atoms with Gasteiger partial charge in [0, 0.05) is 18.2 Å². The molecule has 0 aliphatic rings. The van der Waals surface area contributed by atoms with Crippen molar-refractivity contribution >= 4 is 0 Å². The molecule has 1 aromatic carbocycles. The summed E-state index contributed by atoms with van der Waals surface area (Å²) < 4.78 is 11.9. The summed E-state index contributed by atoms with van der Waals surface area (Å²) in [6, 6.07) is 6.25. The third-order valence-electron chi connectivity index (χ3n) is 4.22. The molecule has 3 heteroatoms. The molecule has 0 saturated carbocycles. The largest absolute Gasteiger partial charge is 0.493 e. The first-order valence-electron chi connectivity index (χ1n) is 10.6. The van der Waals surface area contributed by atoms with Crippen molar-refractivity contribution in [3.63, 3.8) is 0 Å². The third kappa shape index (κ3) is 10.7. The maximum absolute atomic E-state index is 6.05. The lowest BCUT2D eigenvalue weighted by atomic mass is 10.1. The first-order valence-corrected chi connectivity index (χ1v) is 10.6. The van der Waals surface area contributed by atoms with Crippen LogP contribution in [0.3, 0.4) is 0 Å². The van der Waals surface area contributed by atoms with Gasteiger partial charge in [0.25, 0.3) is 0 Å². The fourth-order valence-corrected chi connectivity index (χ4v) is 2.68. The van der Waals surface area contributed by atoms with Crippen LogP contribution in [0.2, 0.25) is 0 Å². The number of benzene rings is 1. The third-order valence-corrected chi connectivity index (χ3v) is 4.22. The fourth-order valence-electron chi connectivity index (χ4n) is 2.68. The summed E-state index contributed by atoms with van der Waals surface area (Å²) in [7, 11) is 0. The van der Waals surface area contributed by atoms with Crippen molar-refractivity contribution in [3.05, 3.63) is 23.8 Å². The van der Waals surface area contributed by atoms with E-state index in [1.54, 1.807) is 0 Å². The minimum Gasteiger partial charge on any atom is -0.493 e. The van der Waals surface area contributed by atoms with Crippen LogP contribution in [0.4, 0.5) is 0 Å². The van der Waals surface area contributed by atoms with Gasteiger partial charge < -0.3 is 14.8 Å². The highest BCUT2D eigenvalue weighted by Crippen LogP contribution is 2.26. The van der Waals surface area contributed by atoms with Gasteiger partial charge in [-0.05, 0) is 30.9 Å². The highest BCUT2D eigenvalue weighted by molar-refractivity contribution is 5.40. The molecule has 0 fully saturated rings. The topological polar surface area (TPSA) is 30.5 Å². The van der Waals surface area contributed by atoms with E-state index in [4.69, 9.17) is 9.47 Å². The Hall–Kier alpha value is -1.22. The van der Waals surface area contributed by atoms with Crippen LogP contribution in [-0.2, 0) is 6.54 Å². The Bertz CT molecular complexity index is 471. The molecule has 0 aromatic heterocycles. The number of unbranched alkanes of at least 4 members (excludes halogenated alkanes) is 5. The summed E-state index contributed by atoms with van der Waals surface area (Å²) in [5, 5.41) is 3.57. The summed E-state index contributed by atoms with van der Waals surface area (Å²) in [6.07, 6.45) is 8.00.